The van der Waals surface area contributed by atoms with Crippen LogP contribution in [0.4, 0.5) is 0 Å². The first kappa shape index (κ1) is 13.0. The minimum Gasteiger partial charge on any atom is -0.0713 e. The van der Waals surface area contributed by atoms with Crippen LogP contribution in [0.15, 0.2) is 24.3 Å². The molecule has 0 unspecified atom stereocenters. The fourth-order valence-corrected chi connectivity index (χ4v) is 1.71. The zero-order valence-corrected chi connectivity index (χ0v) is 11.5. The second kappa shape index (κ2) is 4.45. The Hall–Kier alpha value is -1.04. The van der Waals surface area contributed by atoms with Crippen LogP contribution >= 0.6 is 0 Å². The van der Waals surface area contributed by atoms with Gasteiger partial charge in [0.05, 0.1) is 0 Å². The first-order chi connectivity index (χ1) is 7.17. The van der Waals surface area contributed by atoms with Gasteiger partial charge in [0.1, 0.15) is 0 Å². The molecule has 0 nitrogen and oxygen atoms in total. The summed E-state index contributed by atoms with van der Waals surface area (Å²) in [7, 11) is 0. The molecular weight excluding hydrogens is 192 g/mol. The second-order valence-electron chi connectivity index (χ2n) is 6.65. The second-order valence-corrected chi connectivity index (χ2v) is 6.65. The van der Waals surface area contributed by atoms with Gasteiger partial charge in [-0.3, -0.25) is 0 Å². The standard InChI is InChI=1S/C16H24/c1-15(2,3)11-13-9-7-8-10-14(13)12-16(4,5)6/h7-12H,1-6H3/b13-11-,14-12?. The molecule has 0 heterocycles. The van der Waals surface area contributed by atoms with Gasteiger partial charge < -0.3 is 0 Å². The van der Waals surface area contributed by atoms with Crippen LogP contribution in [0, 0.1) is 10.8 Å². The predicted octanol–water partition coefficient (Wildman–Crippen LogP) is 3.34. The molecule has 0 saturated carbocycles. The molecule has 0 spiro atoms. The van der Waals surface area contributed by atoms with Crippen LogP contribution in [0.5, 0.6) is 0 Å². The average Bonchev–Trinajstić information content (AvgIpc) is 2.03. The molecule has 16 heavy (non-hydrogen) atoms. The molecule has 0 aliphatic heterocycles. The van der Waals surface area contributed by atoms with Crippen molar-refractivity contribution in [1.82, 2.24) is 0 Å². The molecule has 0 aliphatic rings. The molecule has 0 atom stereocenters. The van der Waals surface area contributed by atoms with E-state index in [4.69, 9.17) is 0 Å². The SMILES string of the molecule is CC(C)(C)C=c1cccc/c1=C/C(C)(C)C. The van der Waals surface area contributed by atoms with Crippen molar-refractivity contribution in [2.75, 3.05) is 0 Å². The van der Waals surface area contributed by atoms with Gasteiger partial charge in [-0.15, -0.1) is 0 Å². The molecule has 1 aromatic carbocycles. The number of hydrogen-bond acceptors (Lipinski definition) is 0. The topological polar surface area (TPSA) is 0 Å². The summed E-state index contributed by atoms with van der Waals surface area (Å²) in [4.78, 5) is 0. The Bertz CT molecular complexity index is 405. The van der Waals surface area contributed by atoms with Gasteiger partial charge in [-0.05, 0) is 21.3 Å². The Morgan fingerprint density at radius 3 is 1.25 bits per heavy atom. The van der Waals surface area contributed by atoms with Crippen LogP contribution in [-0.2, 0) is 0 Å². The molecule has 88 valence electrons. The van der Waals surface area contributed by atoms with Crippen LogP contribution in [0.1, 0.15) is 41.5 Å². The van der Waals surface area contributed by atoms with E-state index in [1.165, 1.54) is 10.4 Å². The van der Waals surface area contributed by atoms with Gasteiger partial charge in [-0.1, -0.05) is 78.0 Å². The van der Waals surface area contributed by atoms with Gasteiger partial charge in [-0.25, -0.2) is 0 Å². The lowest BCUT2D eigenvalue weighted by molar-refractivity contribution is 0.580. The van der Waals surface area contributed by atoms with E-state index in [0.717, 1.165) is 0 Å². The lowest BCUT2D eigenvalue weighted by Gasteiger charge is -2.13. The van der Waals surface area contributed by atoms with Crippen LogP contribution in [0.25, 0.3) is 12.2 Å². The van der Waals surface area contributed by atoms with E-state index >= 15 is 0 Å². The summed E-state index contributed by atoms with van der Waals surface area (Å²) in [5.74, 6) is 0. The van der Waals surface area contributed by atoms with E-state index in [2.05, 4.69) is 78.0 Å². The van der Waals surface area contributed by atoms with Crippen LogP contribution in [-0.4, -0.2) is 0 Å². The van der Waals surface area contributed by atoms with Gasteiger partial charge in [0.2, 0.25) is 0 Å². The lowest BCUT2D eigenvalue weighted by Crippen LogP contribution is -2.28. The summed E-state index contributed by atoms with van der Waals surface area (Å²) < 4.78 is 0. The van der Waals surface area contributed by atoms with Gasteiger partial charge in [0.25, 0.3) is 0 Å². The highest BCUT2D eigenvalue weighted by Gasteiger charge is 2.06. The van der Waals surface area contributed by atoms with Crippen molar-refractivity contribution in [2.45, 2.75) is 41.5 Å². The molecule has 0 N–H and O–H groups in total. The van der Waals surface area contributed by atoms with Crippen molar-refractivity contribution >= 4 is 12.2 Å². The third-order valence-electron chi connectivity index (χ3n) is 2.17. The minimum absolute atomic E-state index is 0.224. The Balaban J connectivity index is 3.44. The van der Waals surface area contributed by atoms with E-state index in [-0.39, 0.29) is 10.8 Å². The van der Waals surface area contributed by atoms with Gasteiger partial charge in [-0.2, -0.15) is 0 Å². The summed E-state index contributed by atoms with van der Waals surface area (Å²) in [6.07, 6.45) is 4.68. The molecular formula is C16H24. The summed E-state index contributed by atoms with van der Waals surface area (Å²) in [6, 6.07) is 8.61. The number of hydrogen-bond donors (Lipinski definition) is 0. The molecule has 0 aliphatic carbocycles. The van der Waals surface area contributed by atoms with E-state index in [1.807, 2.05) is 0 Å². The first-order valence-electron chi connectivity index (χ1n) is 5.98. The quantitative estimate of drug-likeness (QED) is 0.624. The molecule has 0 aromatic heterocycles. The van der Waals surface area contributed by atoms with Crippen molar-refractivity contribution in [2.24, 2.45) is 10.8 Å². The maximum Gasteiger partial charge on any atom is -0.0194 e. The first-order valence-corrected chi connectivity index (χ1v) is 5.98. The molecule has 0 saturated heterocycles. The molecule has 0 radical (unpaired) electrons. The van der Waals surface area contributed by atoms with Gasteiger partial charge in [0.15, 0.2) is 0 Å². The number of benzene rings is 1. The summed E-state index contributed by atoms with van der Waals surface area (Å²) in [5.41, 5.74) is 0.448. The zero-order chi connectivity index (χ0) is 12.4. The van der Waals surface area contributed by atoms with Crippen molar-refractivity contribution in [3.8, 4) is 0 Å². The van der Waals surface area contributed by atoms with Crippen molar-refractivity contribution in [3.63, 3.8) is 0 Å². The highest BCUT2D eigenvalue weighted by Crippen LogP contribution is 2.15. The highest BCUT2D eigenvalue weighted by molar-refractivity contribution is 5.37. The highest BCUT2D eigenvalue weighted by atomic mass is 14.1. The minimum atomic E-state index is 0.224. The summed E-state index contributed by atoms with van der Waals surface area (Å²) in [5, 5.41) is 2.68. The largest absolute Gasteiger partial charge is 0.0713 e. The Morgan fingerprint density at radius 2 is 1.00 bits per heavy atom. The zero-order valence-electron chi connectivity index (χ0n) is 11.5. The monoisotopic (exact) mass is 216 g/mol. The third-order valence-corrected chi connectivity index (χ3v) is 2.17. The normalized spacial score (nSPS) is 15.6. The smallest absolute Gasteiger partial charge is 0.0194 e. The van der Waals surface area contributed by atoms with Gasteiger partial charge in [0, 0.05) is 0 Å². The van der Waals surface area contributed by atoms with Crippen LogP contribution in [0.3, 0.4) is 0 Å². The third kappa shape index (κ3) is 4.65. The van der Waals surface area contributed by atoms with E-state index in [9.17, 15) is 0 Å². The number of rotatable bonds is 0. The fourth-order valence-electron chi connectivity index (χ4n) is 1.71. The molecule has 1 aromatic rings. The van der Waals surface area contributed by atoms with Crippen molar-refractivity contribution in [1.29, 1.82) is 0 Å². The maximum atomic E-state index is 2.34. The Kier molecular flexibility index (Phi) is 3.62. The average molecular weight is 216 g/mol. The lowest BCUT2D eigenvalue weighted by atomic mass is 9.92. The molecule has 0 bridgehead atoms. The van der Waals surface area contributed by atoms with Crippen LogP contribution in [0.2, 0.25) is 0 Å². The molecule has 0 amide bonds. The molecule has 0 fully saturated rings. The van der Waals surface area contributed by atoms with E-state index in [1.54, 1.807) is 0 Å². The molecule has 1 rings (SSSR count). The fraction of sp³-hybridized carbons (Fsp3) is 0.500. The summed E-state index contributed by atoms with van der Waals surface area (Å²) >= 11 is 0. The van der Waals surface area contributed by atoms with Gasteiger partial charge >= 0.3 is 0 Å². The molecule has 0 heteroatoms. The predicted molar refractivity (Wildman–Crippen MR) is 73.5 cm³/mol. The van der Waals surface area contributed by atoms with Crippen molar-refractivity contribution in [3.05, 3.63) is 34.7 Å². The van der Waals surface area contributed by atoms with E-state index in [0.29, 0.717) is 0 Å². The Labute approximate surface area is 99.7 Å². The summed E-state index contributed by atoms with van der Waals surface area (Å²) in [6.45, 7) is 13.4. The van der Waals surface area contributed by atoms with E-state index < -0.39 is 0 Å². The van der Waals surface area contributed by atoms with Crippen molar-refractivity contribution < 1.29 is 0 Å². The maximum absolute atomic E-state index is 2.34. The van der Waals surface area contributed by atoms with Crippen LogP contribution < -0.4 is 10.4 Å². The Morgan fingerprint density at radius 1 is 0.688 bits per heavy atom.